The largest absolute Gasteiger partial charge is 0.352 e. The van der Waals surface area contributed by atoms with E-state index in [0.717, 1.165) is 64.3 Å². The summed E-state index contributed by atoms with van der Waals surface area (Å²) < 4.78 is 13.4. The number of hydrogen-bond acceptors (Lipinski definition) is 4. The number of hydrogen-bond donors (Lipinski definition) is 2. The third-order valence-corrected chi connectivity index (χ3v) is 6.27. The number of fused-ring (bicyclic) bond motifs is 1. The first-order valence-corrected chi connectivity index (χ1v) is 11.2. The average molecular weight is 439 g/mol. The van der Waals surface area contributed by atoms with Crippen molar-refractivity contribution in [2.24, 2.45) is 0 Å². The number of pyridine rings is 2. The molecule has 5 aromatic rings. The highest BCUT2D eigenvalue weighted by Crippen LogP contribution is 2.32. The quantitative estimate of drug-likeness (QED) is 0.384. The van der Waals surface area contributed by atoms with Crippen molar-refractivity contribution in [3.8, 4) is 33.8 Å². The Morgan fingerprint density at radius 2 is 1.67 bits per heavy atom. The first-order chi connectivity index (χ1) is 16.2. The van der Waals surface area contributed by atoms with Crippen LogP contribution in [0.15, 0.2) is 67.3 Å². The summed E-state index contributed by atoms with van der Waals surface area (Å²) in [6.45, 7) is 3.25. The molecule has 1 aliphatic heterocycles. The molecule has 6 nitrogen and oxygen atoms in total. The molecular formula is C26H23FN6. The van der Waals surface area contributed by atoms with Gasteiger partial charge >= 0.3 is 0 Å². The van der Waals surface area contributed by atoms with E-state index in [1.54, 1.807) is 24.5 Å². The van der Waals surface area contributed by atoms with Gasteiger partial charge in [-0.15, -0.1) is 0 Å². The van der Waals surface area contributed by atoms with Gasteiger partial charge in [-0.3, -0.25) is 20.0 Å². The Labute approximate surface area is 190 Å². The summed E-state index contributed by atoms with van der Waals surface area (Å²) in [7, 11) is 0. The minimum atomic E-state index is -0.253. The maximum Gasteiger partial charge on any atom is 0.123 e. The average Bonchev–Trinajstić information content (AvgIpc) is 3.60. The second-order valence-electron chi connectivity index (χ2n) is 8.57. The molecule has 4 aromatic heterocycles. The third-order valence-electron chi connectivity index (χ3n) is 6.27. The number of aromatic amines is 2. The minimum absolute atomic E-state index is 0.253. The number of benzene rings is 1. The Bertz CT molecular complexity index is 1410. The van der Waals surface area contributed by atoms with Crippen LogP contribution in [0.3, 0.4) is 0 Å². The van der Waals surface area contributed by atoms with Crippen LogP contribution >= 0.6 is 0 Å². The number of rotatable bonds is 5. The van der Waals surface area contributed by atoms with Gasteiger partial charge in [-0.25, -0.2) is 4.39 Å². The lowest BCUT2D eigenvalue weighted by atomic mass is 10.0. The molecule has 7 heteroatoms. The van der Waals surface area contributed by atoms with Crippen molar-refractivity contribution < 1.29 is 4.39 Å². The van der Waals surface area contributed by atoms with E-state index in [0.29, 0.717) is 0 Å². The SMILES string of the molecule is Fc1ccc(-c2cncc3[nH]c(-c4cc(-c5cncc(CN6CCCC6)c5)[nH]n4)cc23)cc1. The molecule has 0 radical (unpaired) electrons. The van der Waals surface area contributed by atoms with Gasteiger partial charge in [-0.1, -0.05) is 12.1 Å². The zero-order valence-corrected chi connectivity index (χ0v) is 18.1. The molecule has 1 fully saturated rings. The van der Waals surface area contributed by atoms with Crippen molar-refractivity contribution in [3.05, 3.63) is 78.6 Å². The van der Waals surface area contributed by atoms with E-state index in [1.807, 2.05) is 18.5 Å². The van der Waals surface area contributed by atoms with Crippen LogP contribution in [0.1, 0.15) is 18.4 Å². The summed E-state index contributed by atoms with van der Waals surface area (Å²) >= 11 is 0. The molecule has 0 spiro atoms. The van der Waals surface area contributed by atoms with Crippen LogP contribution < -0.4 is 0 Å². The maximum atomic E-state index is 13.4. The fraction of sp³-hybridized carbons (Fsp3) is 0.192. The van der Waals surface area contributed by atoms with E-state index in [2.05, 4.69) is 42.2 Å². The zero-order valence-electron chi connectivity index (χ0n) is 18.1. The molecule has 6 rings (SSSR count). The van der Waals surface area contributed by atoms with Crippen LogP contribution in [0.2, 0.25) is 0 Å². The van der Waals surface area contributed by atoms with E-state index in [-0.39, 0.29) is 5.82 Å². The smallest absolute Gasteiger partial charge is 0.123 e. The van der Waals surface area contributed by atoms with Crippen molar-refractivity contribution >= 4 is 10.9 Å². The molecule has 0 amide bonds. The number of H-pyrrole nitrogens is 2. The molecule has 164 valence electrons. The molecule has 1 aromatic carbocycles. The number of nitrogens with zero attached hydrogens (tertiary/aromatic N) is 4. The van der Waals surface area contributed by atoms with Crippen LogP contribution in [0, 0.1) is 5.82 Å². The topological polar surface area (TPSA) is 73.5 Å². The first-order valence-electron chi connectivity index (χ1n) is 11.2. The van der Waals surface area contributed by atoms with Crippen LogP contribution in [-0.4, -0.2) is 43.1 Å². The van der Waals surface area contributed by atoms with Gasteiger partial charge in [0, 0.05) is 41.6 Å². The fourth-order valence-electron chi connectivity index (χ4n) is 4.58. The molecule has 1 saturated heterocycles. The molecule has 5 heterocycles. The number of halogens is 1. The summed E-state index contributed by atoms with van der Waals surface area (Å²) in [4.78, 5) is 14.7. The number of aromatic nitrogens is 5. The Balaban J connectivity index is 1.31. The van der Waals surface area contributed by atoms with Gasteiger partial charge in [0.2, 0.25) is 0 Å². The lowest BCUT2D eigenvalue weighted by Gasteiger charge is -2.14. The van der Waals surface area contributed by atoms with Crippen LogP contribution in [0.4, 0.5) is 4.39 Å². The van der Waals surface area contributed by atoms with Crippen molar-refractivity contribution in [1.29, 1.82) is 0 Å². The molecular weight excluding hydrogens is 415 g/mol. The molecule has 0 bridgehead atoms. The highest BCUT2D eigenvalue weighted by Gasteiger charge is 2.15. The van der Waals surface area contributed by atoms with Crippen LogP contribution in [0.25, 0.3) is 44.7 Å². The van der Waals surface area contributed by atoms with Crippen molar-refractivity contribution in [1.82, 2.24) is 30.0 Å². The predicted molar refractivity (Wildman–Crippen MR) is 127 cm³/mol. The molecule has 33 heavy (non-hydrogen) atoms. The zero-order chi connectivity index (χ0) is 22.2. The van der Waals surface area contributed by atoms with E-state index in [1.165, 1.54) is 30.5 Å². The van der Waals surface area contributed by atoms with Crippen molar-refractivity contribution in [2.45, 2.75) is 19.4 Å². The normalized spacial score (nSPS) is 14.3. The molecule has 0 unspecified atom stereocenters. The van der Waals surface area contributed by atoms with Gasteiger partial charge in [0.25, 0.3) is 0 Å². The van der Waals surface area contributed by atoms with Crippen LogP contribution in [-0.2, 0) is 6.54 Å². The predicted octanol–water partition coefficient (Wildman–Crippen LogP) is 5.42. The highest BCUT2D eigenvalue weighted by atomic mass is 19.1. The van der Waals surface area contributed by atoms with Gasteiger partial charge in [0.1, 0.15) is 11.5 Å². The monoisotopic (exact) mass is 438 g/mol. The van der Waals surface area contributed by atoms with E-state index in [4.69, 9.17) is 0 Å². The van der Waals surface area contributed by atoms with Crippen molar-refractivity contribution in [2.75, 3.05) is 13.1 Å². The number of nitrogens with one attached hydrogen (secondary N) is 2. The summed E-state index contributed by atoms with van der Waals surface area (Å²) in [6.07, 6.45) is 9.97. The second kappa shape index (κ2) is 8.26. The van der Waals surface area contributed by atoms with E-state index >= 15 is 0 Å². The molecule has 1 aliphatic rings. The van der Waals surface area contributed by atoms with Crippen molar-refractivity contribution in [3.63, 3.8) is 0 Å². The molecule has 2 N–H and O–H groups in total. The first kappa shape index (κ1) is 19.8. The van der Waals surface area contributed by atoms with Gasteiger partial charge in [0.05, 0.1) is 23.1 Å². The Morgan fingerprint density at radius 1 is 0.848 bits per heavy atom. The summed E-state index contributed by atoms with van der Waals surface area (Å²) in [5.41, 5.74) is 7.65. The Hall–Kier alpha value is -3.84. The Morgan fingerprint density at radius 3 is 2.52 bits per heavy atom. The Kier molecular flexibility index (Phi) is 4.96. The van der Waals surface area contributed by atoms with Gasteiger partial charge in [-0.05, 0) is 67.4 Å². The second-order valence-corrected chi connectivity index (χ2v) is 8.57. The summed E-state index contributed by atoms with van der Waals surface area (Å²) in [5.74, 6) is -0.253. The lowest BCUT2D eigenvalue weighted by molar-refractivity contribution is 0.331. The minimum Gasteiger partial charge on any atom is -0.352 e. The fourth-order valence-corrected chi connectivity index (χ4v) is 4.58. The van der Waals surface area contributed by atoms with Gasteiger partial charge < -0.3 is 4.98 Å². The molecule has 0 aliphatic carbocycles. The van der Waals surface area contributed by atoms with Gasteiger partial charge in [0.15, 0.2) is 0 Å². The van der Waals surface area contributed by atoms with E-state index in [9.17, 15) is 4.39 Å². The third kappa shape index (κ3) is 3.91. The highest BCUT2D eigenvalue weighted by molar-refractivity contribution is 5.97. The maximum absolute atomic E-state index is 13.4. The van der Waals surface area contributed by atoms with E-state index < -0.39 is 0 Å². The standard InChI is InChI=1S/C26H23FN6/c27-20-5-3-18(4-6-20)22-14-29-15-26-21(22)10-24(30-26)25-11-23(31-32-25)19-9-17(12-28-13-19)16-33-7-1-2-8-33/h3-6,9-15,30H,1-2,7-8,16H2,(H,31,32). The molecule has 0 atom stereocenters. The van der Waals surface area contributed by atoms with Crippen LogP contribution in [0.5, 0.6) is 0 Å². The van der Waals surface area contributed by atoms with Gasteiger partial charge in [-0.2, -0.15) is 5.10 Å². The molecule has 0 saturated carbocycles. The lowest BCUT2D eigenvalue weighted by Crippen LogP contribution is -2.18. The summed E-state index contributed by atoms with van der Waals surface area (Å²) in [6, 6.07) is 12.8. The summed E-state index contributed by atoms with van der Waals surface area (Å²) in [5, 5.41) is 8.72. The number of likely N-dealkylation sites (tertiary alicyclic amines) is 1.